The van der Waals surface area contributed by atoms with E-state index < -0.39 is 0 Å². The third kappa shape index (κ3) is 4.06. The van der Waals surface area contributed by atoms with Gasteiger partial charge in [0.25, 0.3) is 5.56 Å². The maximum Gasteiger partial charge on any atom is 0.273 e. The number of anilines is 1. The lowest BCUT2D eigenvalue weighted by Crippen LogP contribution is -2.27. The van der Waals surface area contributed by atoms with E-state index in [1.54, 1.807) is 36.4 Å². The molecule has 152 valence electrons. The molecule has 2 heterocycles. The molecule has 0 radical (unpaired) electrons. The number of carbonyl (C=O) groups excluding carboxylic acids is 1. The van der Waals surface area contributed by atoms with E-state index >= 15 is 0 Å². The number of hydrogen-bond donors (Lipinski definition) is 1. The fraction of sp³-hybridized carbons (Fsp3) is 0.143. The van der Waals surface area contributed by atoms with Gasteiger partial charge in [0, 0.05) is 11.3 Å². The number of benzene rings is 2. The zero-order valence-corrected chi connectivity index (χ0v) is 16.8. The van der Waals surface area contributed by atoms with Crippen molar-refractivity contribution < 1.29 is 13.9 Å². The van der Waals surface area contributed by atoms with Crippen molar-refractivity contribution in [3.63, 3.8) is 0 Å². The first-order chi connectivity index (χ1) is 14.5. The van der Waals surface area contributed by atoms with Crippen LogP contribution in [-0.2, 0) is 11.3 Å². The van der Waals surface area contributed by atoms with Crippen LogP contribution in [0.25, 0.3) is 21.5 Å². The lowest BCUT2D eigenvalue weighted by molar-refractivity contribution is -0.116. The highest BCUT2D eigenvalue weighted by atomic mass is 32.1. The number of aromatic nitrogens is 3. The summed E-state index contributed by atoms with van der Waals surface area (Å²) >= 11 is 1.01. The number of amides is 1. The number of nitrogens with one attached hydrogen (secondary N) is 1. The summed E-state index contributed by atoms with van der Waals surface area (Å²) in [6.07, 6.45) is 1.32. The van der Waals surface area contributed by atoms with Crippen LogP contribution in [0.2, 0.25) is 0 Å². The van der Waals surface area contributed by atoms with Crippen molar-refractivity contribution in [2.45, 2.75) is 13.5 Å². The molecule has 9 heteroatoms. The third-order valence-electron chi connectivity index (χ3n) is 4.33. The van der Waals surface area contributed by atoms with Crippen molar-refractivity contribution in [3.8, 4) is 17.0 Å². The topological polar surface area (TPSA) is 86.1 Å². The minimum absolute atomic E-state index is 0.182. The molecule has 0 bridgehead atoms. The Labute approximate surface area is 174 Å². The molecule has 1 amide bonds. The smallest absolute Gasteiger partial charge is 0.273 e. The second-order valence-corrected chi connectivity index (χ2v) is 7.17. The fourth-order valence-electron chi connectivity index (χ4n) is 2.92. The fourth-order valence-corrected chi connectivity index (χ4v) is 3.73. The van der Waals surface area contributed by atoms with E-state index in [1.807, 2.05) is 6.92 Å². The Morgan fingerprint density at radius 2 is 1.90 bits per heavy atom. The molecular weight excluding hydrogens is 407 g/mol. The van der Waals surface area contributed by atoms with E-state index in [9.17, 15) is 14.0 Å². The highest BCUT2D eigenvalue weighted by molar-refractivity contribution is 7.13. The van der Waals surface area contributed by atoms with Crippen LogP contribution in [0.4, 0.5) is 10.1 Å². The molecular formula is C21H17FN4O3S. The molecule has 1 N–H and O–H groups in total. The first-order valence-corrected chi connectivity index (χ1v) is 9.96. The lowest BCUT2D eigenvalue weighted by Gasteiger charge is -2.08. The van der Waals surface area contributed by atoms with Gasteiger partial charge in [-0.3, -0.25) is 14.2 Å². The van der Waals surface area contributed by atoms with Crippen LogP contribution in [-0.4, -0.2) is 26.4 Å². The summed E-state index contributed by atoms with van der Waals surface area (Å²) in [6.45, 7) is 2.27. The monoisotopic (exact) mass is 424 g/mol. The molecule has 4 aromatic rings. The Hall–Kier alpha value is -3.59. The summed E-state index contributed by atoms with van der Waals surface area (Å²) in [5, 5.41) is 2.74. The molecule has 0 fully saturated rings. The SMILES string of the molecule is CCOc1ccc(NC(=O)Cn2cnc3c(-c4ccc(F)cc4)nsc3c2=O)cc1. The van der Waals surface area contributed by atoms with Crippen molar-refractivity contribution in [3.05, 3.63) is 71.0 Å². The Balaban J connectivity index is 1.53. The summed E-state index contributed by atoms with van der Waals surface area (Å²) in [5.74, 6) is 0.00125. The quantitative estimate of drug-likeness (QED) is 0.510. The second-order valence-electron chi connectivity index (χ2n) is 6.40. The predicted octanol–water partition coefficient (Wildman–Crippen LogP) is 3.70. The third-order valence-corrected chi connectivity index (χ3v) is 5.15. The summed E-state index contributed by atoms with van der Waals surface area (Å²) in [4.78, 5) is 29.4. The van der Waals surface area contributed by atoms with Gasteiger partial charge in [-0.1, -0.05) is 0 Å². The molecule has 30 heavy (non-hydrogen) atoms. The van der Waals surface area contributed by atoms with Crippen molar-refractivity contribution in [1.29, 1.82) is 0 Å². The van der Waals surface area contributed by atoms with Crippen LogP contribution in [0.5, 0.6) is 5.75 Å². The molecule has 0 atom stereocenters. The van der Waals surface area contributed by atoms with Crippen LogP contribution in [0.1, 0.15) is 6.92 Å². The van der Waals surface area contributed by atoms with Gasteiger partial charge in [-0.15, -0.1) is 0 Å². The van der Waals surface area contributed by atoms with E-state index in [1.165, 1.54) is 23.0 Å². The Morgan fingerprint density at radius 3 is 2.60 bits per heavy atom. The summed E-state index contributed by atoms with van der Waals surface area (Å²) in [7, 11) is 0. The number of ether oxygens (including phenoxy) is 1. The van der Waals surface area contributed by atoms with Crippen molar-refractivity contribution in [2.24, 2.45) is 0 Å². The number of fused-ring (bicyclic) bond motifs is 1. The van der Waals surface area contributed by atoms with E-state index in [0.717, 1.165) is 11.5 Å². The number of carbonyl (C=O) groups is 1. The van der Waals surface area contributed by atoms with Gasteiger partial charge in [0.05, 0.1) is 12.9 Å². The molecule has 0 aliphatic carbocycles. The highest BCUT2D eigenvalue weighted by Gasteiger charge is 2.15. The van der Waals surface area contributed by atoms with Crippen LogP contribution in [0.3, 0.4) is 0 Å². The molecule has 0 spiro atoms. The Morgan fingerprint density at radius 1 is 1.17 bits per heavy atom. The van der Waals surface area contributed by atoms with Gasteiger partial charge < -0.3 is 10.1 Å². The standard InChI is InChI=1S/C21H17FN4O3S/c1-2-29-16-9-7-15(8-10-16)24-17(27)11-26-12-23-19-18(25-30-20(19)21(26)28)13-3-5-14(22)6-4-13/h3-10,12H,2,11H2,1H3,(H,24,27). The van der Waals surface area contributed by atoms with E-state index in [4.69, 9.17) is 4.74 Å². The number of rotatable bonds is 6. The van der Waals surface area contributed by atoms with Crippen molar-refractivity contribution in [2.75, 3.05) is 11.9 Å². The van der Waals surface area contributed by atoms with Crippen molar-refractivity contribution >= 4 is 33.3 Å². The molecule has 0 unspecified atom stereocenters. The minimum atomic E-state index is -0.356. The van der Waals surface area contributed by atoms with Crippen LogP contribution >= 0.6 is 11.5 Å². The lowest BCUT2D eigenvalue weighted by atomic mass is 10.1. The summed E-state index contributed by atoms with van der Waals surface area (Å²) < 4.78 is 24.4. The first kappa shape index (κ1) is 19.7. The van der Waals surface area contributed by atoms with Gasteiger partial charge in [-0.25, -0.2) is 9.37 Å². The predicted molar refractivity (Wildman–Crippen MR) is 113 cm³/mol. The zero-order chi connectivity index (χ0) is 21.1. The van der Waals surface area contributed by atoms with E-state index in [0.29, 0.717) is 39.5 Å². The summed E-state index contributed by atoms with van der Waals surface area (Å²) in [6, 6.07) is 12.8. The maximum absolute atomic E-state index is 13.2. The Kier molecular flexibility index (Phi) is 5.53. The molecule has 0 aliphatic rings. The number of halogens is 1. The van der Waals surface area contributed by atoms with Crippen LogP contribution < -0.4 is 15.6 Å². The highest BCUT2D eigenvalue weighted by Crippen LogP contribution is 2.27. The molecule has 4 rings (SSSR count). The number of nitrogens with zero attached hydrogens (tertiary/aromatic N) is 3. The van der Waals surface area contributed by atoms with Crippen molar-refractivity contribution in [1.82, 2.24) is 13.9 Å². The van der Waals surface area contributed by atoms with Gasteiger partial charge >= 0.3 is 0 Å². The maximum atomic E-state index is 13.2. The largest absolute Gasteiger partial charge is 0.494 e. The molecule has 2 aromatic carbocycles. The van der Waals surface area contributed by atoms with Crippen LogP contribution in [0, 0.1) is 5.82 Å². The average molecular weight is 424 g/mol. The molecule has 0 saturated carbocycles. The van der Waals surface area contributed by atoms with Crippen LogP contribution in [0.15, 0.2) is 59.7 Å². The van der Waals surface area contributed by atoms with E-state index in [2.05, 4.69) is 14.7 Å². The average Bonchev–Trinajstić information content (AvgIpc) is 3.17. The van der Waals surface area contributed by atoms with Gasteiger partial charge in [0.1, 0.15) is 34.0 Å². The molecule has 2 aromatic heterocycles. The van der Waals surface area contributed by atoms with Gasteiger partial charge in [0.2, 0.25) is 5.91 Å². The first-order valence-electron chi connectivity index (χ1n) is 9.18. The zero-order valence-electron chi connectivity index (χ0n) is 16.0. The normalized spacial score (nSPS) is 10.9. The number of hydrogen-bond acceptors (Lipinski definition) is 6. The Bertz CT molecular complexity index is 1250. The van der Waals surface area contributed by atoms with Gasteiger partial charge in [-0.2, -0.15) is 4.37 Å². The minimum Gasteiger partial charge on any atom is -0.494 e. The summed E-state index contributed by atoms with van der Waals surface area (Å²) in [5.41, 5.74) is 1.85. The molecule has 0 saturated heterocycles. The van der Waals surface area contributed by atoms with E-state index in [-0.39, 0.29) is 23.8 Å². The second kappa shape index (κ2) is 8.42. The molecule has 0 aliphatic heterocycles. The van der Waals surface area contributed by atoms with Gasteiger partial charge in [-0.05, 0) is 67.0 Å². The van der Waals surface area contributed by atoms with Gasteiger partial charge in [0.15, 0.2) is 0 Å². The molecule has 7 nitrogen and oxygen atoms in total.